The van der Waals surface area contributed by atoms with Gasteiger partial charge in [0.1, 0.15) is 11.6 Å². The van der Waals surface area contributed by atoms with E-state index in [1.807, 2.05) is 0 Å². The number of hydrogen-bond donors (Lipinski definition) is 1. The van der Waals surface area contributed by atoms with Crippen molar-refractivity contribution in [1.29, 1.82) is 0 Å². The number of rotatable bonds is 3. The van der Waals surface area contributed by atoms with Crippen molar-refractivity contribution in [1.82, 2.24) is 0 Å². The van der Waals surface area contributed by atoms with Gasteiger partial charge in [-0.2, -0.15) is 0 Å². The molecule has 0 heterocycles. The highest BCUT2D eigenvalue weighted by molar-refractivity contribution is 7.99. The lowest BCUT2D eigenvalue weighted by atomic mass is 10.1. The van der Waals surface area contributed by atoms with Crippen LogP contribution in [-0.2, 0) is 0 Å². The third kappa shape index (κ3) is 3.12. The third-order valence-corrected chi connectivity index (χ3v) is 3.57. The Morgan fingerprint density at radius 3 is 2.53 bits per heavy atom. The topological polar surface area (TPSA) is 37.3 Å². The number of carbonyl (C=O) groups is 1. The van der Waals surface area contributed by atoms with Crippen LogP contribution in [0.15, 0.2) is 46.2 Å². The normalized spacial score (nSPS) is 10.5. The fourth-order valence-corrected chi connectivity index (χ4v) is 2.58. The summed E-state index contributed by atoms with van der Waals surface area (Å²) >= 11 is 1.06. The Hall–Kier alpha value is -1.88. The van der Waals surface area contributed by atoms with Gasteiger partial charge in [0.15, 0.2) is 0 Å². The van der Waals surface area contributed by atoms with Gasteiger partial charge in [0.25, 0.3) is 0 Å². The minimum atomic E-state index is -1.01. The molecule has 2 nitrogen and oxygen atoms in total. The van der Waals surface area contributed by atoms with Crippen LogP contribution in [0.4, 0.5) is 8.78 Å². The quantitative estimate of drug-likeness (QED) is 0.918. The minimum absolute atomic E-state index is 0.169. The number of carboxylic acid groups (broad SMARTS) is 1. The molecule has 19 heavy (non-hydrogen) atoms. The number of aryl methyl sites for hydroxylation is 1. The molecule has 0 fully saturated rings. The van der Waals surface area contributed by atoms with Crippen molar-refractivity contribution in [3.05, 3.63) is 59.2 Å². The van der Waals surface area contributed by atoms with Gasteiger partial charge in [-0.05, 0) is 48.9 Å². The standard InChI is InChI=1S/C14H10F2O2S/c1-8-6-10(3-4-11(8)14(17)18)19-13-7-9(15)2-5-12(13)16/h2-7H,1H3,(H,17,18). The van der Waals surface area contributed by atoms with Crippen LogP contribution in [0.3, 0.4) is 0 Å². The molecule has 0 spiro atoms. The van der Waals surface area contributed by atoms with Gasteiger partial charge < -0.3 is 5.11 Å². The molecular weight excluding hydrogens is 270 g/mol. The van der Waals surface area contributed by atoms with Crippen LogP contribution >= 0.6 is 11.8 Å². The average Bonchev–Trinajstić information content (AvgIpc) is 2.33. The Balaban J connectivity index is 2.31. The predicted molar refractivity (Wildman–Crippen MR) is 68.6 cm³/mol. The maximum Gasteiger partial charge on any atom is 0.335 e. The van der Waals surface area contributed by atoms with Crippen molar-refractivity contribution in [3.63, 3.8) is 0 Å². The van der Waals surface area contributed by atoms with Crippen LogP contribution in [0.5, 0.6) is 0 Å². The summed E-state index contributed by atoms with van der Waals surface area (Å²) in [5.41, 5.74) is 0.776. The van der Waals surface area contributed by atoms with E-state index in [0.717, 1.165) is 30.0 Å². The molecule has 0 aliphatic heterocycles. The SMILES string of the molecule is Cc1cc(Sc2cc(F)ccc2F)ccc1C(=O)O. The summed E-state index contributed by atoms with van der Waals surface area (Å²) in [6.45, 7) is 1.66. The first kappa shape index (κ1) is 13.5. The summed E-state index contributed by atoms with van der Waals surface area (Å²) in [5.74, 6) is -2.03. The van der Waals surface area contributed by atoms with Crippen molar-refractivity contribution in [2.45, 2.75) is 16.7 Å². The molecule has 0 radical (unpaired) electrons. The van der Waals surface area contributed by atoms with Crippen molar-refractivity contribution in [2.75, 3.05) is 0 Å². The highest BCUT2D eigenvalue weighted by atomic mass is 32.2. The summed E-state index contributed by atoms with van der Waals surface area (Å²) in [4.78, 5) is 11.7. The molecule has 5 heteroatoms. The lowest BCUT2D eigenvalue weighted by molar-refractivity contribution is 0.0696. The lowest BCUT2D eigenvalue weighted by Crippen LogP contribution is -1.99. The molecule has 0 atom stereocenters. The van der Waals surface area contributed by atoms with E-state index >= 15 is 0 Å². The van der Waals surface area contributed by atoms with Gasteiger partial charge in [0.2, 0.25) is 0 Å². The van der Waals surface area contributed by atoms with Crippen molar-refractivity contribution in [3.8, 4) is 0 Å². The summed E-state index contributed by atoms with van der Waals surface area (Å²) in [6.07, 6.45) is 0. The Labute approximate surface area is 113 Å². The number of benzene rings is 2. The molecule has 2 aromatic rings. The van der Waals surface area contributed by atoms with Gasteiger partial charge in [-0.25, -0.2) is 13.6 Å². The molecule has 0 saturated carbocycles. The Kier molecular flexibility index (Phi) is 3.85. The second kappa shape index (κ2) is 5.40. The molecule has 0 unspecified atom stereocenters. The van der Waals surface area contributed by atoms with Crippen molar-refractivity contribution < 1.29 is 18.7 Å². The predicted octanol–water partition coefficient (Wildman–Crippen LogP) is 4.12. The Morgan fingerprint density at radius 1 is 1.16 bits per heavy atom. The summed E-state index contributed by atoms with van der Waals surface area (Å²) in [6, 6.07) is 7.90. The third-order valence-electron chi connectivity index (χ3n) is 2.55. The Morgan fingerprint density at radius 2 is 1.89 bits per heavy atom. The first-order valence-corrected chi connectivity index (χ1v) is 6.26. The molecule has 0 saturated heterocycles. The van der Waals surface area contributed by atoms with Gasteiger partial charge in [0.05, 0.1) is 10.5 Å². The van der Waals surface area contributed by atoms with Gasteiger partial charge in [-0.15, -0.1) is 0 Å². The zero-order valence-corrected chi connectivity index (χ0v) is 10.8. The second-order valence-electron chi connectivity index (χ2n) is 3.96. The molecule has 2 rings (SSSR count). The molecule has 0 bridgehead atoms. The van der Waals surface area contributed by atoms with Crippen LogP contribution in [0, 0.1) is 18.6 Å². The van der Waals surface area contributed by atoms with Gasteiger partial charge in [-0.1, -0.05) is 11.8 Å². The first-order valence-electron chi connectivity index (χ1n) is 5.44. The highest BCUT2D eigenvalue weighted by Crippen LogP contribution is 2.31. The van der Waals surface area contributed by atoms with E-state index in [0.29, 0.717) is 10.5 Å². The molecule has 0 amide bonds. The van der Waals surface area contributed by atoms with Gasteiger partial charge in [-0.3, -0.25) is 0 Å². The van der Waals surface area contributed by atoms with E-state index in [4.69, 9.17) is 5.11 Å². The van der Waals surface area contributed by atoms with E-state index in [9.17, 15) is 13.6 Å². The van der Waals surface area contributed by atoms with Crippen LogP contribution in [0.2, 0.25) is 0 Å². The lowest BCUT2D eigenvalue weighted by Gasteiger charge is -2.06. The zero-order valence-electron chi connectivity index (χ0n) is 9.98. The van der Waals surface area contributed by atoms with Crippen molar-refractivity contribution in [2.24, 2.45) is 0 Å². The molecule has 98 valence electrons. The maximum atomic E-state index is 13.5. The van der Waals surface area contributed by atoms with Gasteiger partial charge >= 0.3 is 5.97 Å². The van der Waals surface area contributed by atoms with Crippen LogP contribution < -0.4 is 0 Å². The fraction of sp³-hybridized carbons (Fsp3) is 0.0714. The monoisotopic (exact) mass is 280 g/mol. The van der Waals surface area contributed by atoms with Gasteiger partial charge in [0, 0.05) is 4.90 Å². The van der Waals surface area contributed by atoms with Crippen LogP contribution in [-0.4, -0.2) is 11.1 Å². The largest absolute Gasteiger partial charge is 0.478 e. The minimum Gasteiger partial charge on any atom is -0.478 e. The number of halogens is 2. The average molecular weight is 280 g/mol. The summed E-state index contributed by atoms with van der Waals surface area (Å²) in [7, 11) is 0. The van der Waals surface area contributed by atoms with Crippen molar-refractivity contribution >= 4 is 17.7 Å². The van der Waals surface area contributed by atoms with E-state index in [2.05, 4.69) is 0 Å². The van der Waals surface area contributed by atoms with E-state index in [1.165, 1.54) is 6.07 Å². The molecular formula is C14H10F2O2S. The fourth-order valence-electron chi connectivity index (χ4n) is 1.62. The smallest absolute Gasteiger partial charge is 0.335 e. The first-order chi connectivity index (χ1) is 8.97. The molecule has 0 aromatic heterocycles. The highest BCUT2D eigenvalue weighted by Gasteiger charge is 2.10. The molecule has 1 N–H and O–H groups in total. The van der Waals surface area contributed by atoms with E-state index in [1.54, 1.807) is 19.1 Å². The number of aromatic carboxylic acids is 1. The Bertz CT molecular complexity index is 641. The zero-order chi connectivity index (χ0) is 14.0. The maximum absolute atomic E-state index is 13.5. The second-order valence-corrected chi connectivity index (χ2v) is 5.07. The summed E-state index contributed by atoms with van der Waals surface area (Å²) < 4.78 is 26.5. The van der Waals surface area contributed by atoms with Crippen LogP contribution in [0.25, 0.3) is 0 Å². The molecule has 0 aliphatic carbocycles. The van der Waals surface area contributed by atoms with E-state index in [-0.39, 0.29) is 10.5 Å². The number of carboxylic acids is 1. The van der Waals surface area contributed by atoms with Crippen LogP contribution in [0.1, 0.15) is 15.9 Å². The summed E-state index contributed by atoms with van der Waals surface area (Å²) in [5, 5.41) is 8.91. The molecule has 0 aliphatic rings. The number of hydrogen-bond acceptors (Lipinski definition) is 2. The van der Waals surface area contributed by atoms with E-state index < -0.39 is 17.6 Å². The molecule has 2 aromatic carbocycles.